The molecule has 3 heteroatoms. The molecule has 0 spiro atoms. The third-order valence-corrected chi connectivity index (χ3v) is 2.21. The molecule has 0 aromatic rings. The number of hydrogen-bond donors (Lipinski definition) is 0. The van der Waals surface area contributed by atoms with Gasteiger partial charge in [-0.3, -0.25) is 0 Å². The lowest BCUT2D eigenvalue weighted by molar-refractivity contribution is -0.172. The minimum absolute atomic E-state index is 0.331. The van der Waals surface area contributed by atoms with Crippen molar-refractivity contribution < 1.29 is 13.2 Å². The van der Waals surface area contributed by atoms with Crippen molar-refractivity contribution in [3.05, 3.63) is 12.2 Å². The van der Waals surface area contributed by atoms with E-state index in [2.05, 4.69) is 0 Å². The molecule has 0 heterocycles. The lowest BCUT2D eigenvalue weighted by Gasteiger charge is -2.22. The maximum Gasteiger partial charge on any atom is 0.395 e. The van der Waals surface area contributed by atoms with Crippen LogP contribution in [0, 0.1) is 11.8 Å². The molecule has 0 rings (SSSR count). The number of hydrogen-bond acceptors (Lipinski definition) is 0. The molecular weight excluding hydrogens is 177 g/mol. The fourth-order valence-electron chi connectivity index (χ4n) is 1.16. The molecule has 78 valence electrons. The molecule has 0 radical (unpaired) electrons. The highest BCUT2D eigenvalue weighted by Crippen LogP contribution is 2.34. The molecule has 13 heavy (non-hydrogen) atoms. The Morgan fingerprint density at radius 2 is 1.77 bits per heavy atom. The Morgan fingerprint density at radius 1 is 1.23 bits per heavy atom. The summed E-state index contributed by atoms with van der Waals surface area (Å²) in [6.45, 7) is 5.25. The Kier molecular flexibility index (Phi) is 5.11. The van der Waals surface area contributed by atoms with E-state index in [4.69, 9.17) is 0 Å². The van der Waals surface area contributed by atoms with Crippen LogP contribution in [-0.2, 0) is 0 Å². The molecule has 0 unspecified atom stereocenters. The van der Waals surface area contributed by atoms with E-state index in [-0.39, 0.29) is 5.92 Å². The van der Waals surface area contributed by atoms with E-state index >= 15 is 0 Å². The topological polar surface area (TPSA) is 0 Å². The summed E-state index contributed by atoms with van der Waals surface area (Å²) in [5.41, 5.74) is 0. The zero-order chi connectivity index (χ0) is 10.5. The van der Waals surface area contributed by atoms with Crippen molar-refractivity contribution >= 4 is 0 Å². The summed E-state index contributed by atoms with van der Waals surface area (Å²) in [4.78, 5) is 0. The highest BCUT2D eigenvalue weighted by atomic mass is 19.4. The van der Waals surface area contributed by atoms with Gasteiger partial charge in [0.2, 0.25) is 0 Å². The van der Waals surface area contributed by atoms with Crippen LogP contribution in [0.2, 0.25) is 0 Å². The predicted octanol–water partition coefficient (Wildman–Crippen LogP) is 4.18. The van der Waals surface area contributed by atoms with E-state index in [1.54, 1.807) is 19.9 Å². The molecule has 0 aliphatic carbocycles. The molecule has 0 fully saturated rings. The van der Waals surface area contributed by atoms with Crippen LogP contribution in [0.15, 0.2) is 12.2 Å². The molecule has 0 nitrogen and oxygen atoms in total. The second-order valence-corrected chi connectivity index (χ2v) is 3.29. The van der Waals surface area contributed by atoms with Gasteiger partial charge in [-0.05, 0) is 12.3 Å². The second-order valence-electron chi connectivity index (χ2n) is 3.29. The molecule has 2 atom stereocenters. The lowest BCUT2D eigenvalue weighted by atomic mass is 9.91. The standard InChI is InChI=1S/C10H17F3/c1-4-6-7-9(8(3)5-2)10(11,12)13/h6-9H,4-5H2,1-3H3/b7-6+/t8-,9+/m1/s1. The minimum atomic E-state index is -4.10. The molecule has 0 bridgehead atoms. The van der Waals surface area contributed by atoms with Crippen molar-refractivity contribution in [3.8, 4) is 0 Å². The monoisotopic (exact) mass is 194 g/mol. The Bertz CT molecular complexity index is 158. The van der Waals surface area contributed by atoms with E-state index in [1.165, 1.54) is 6.08 Å². The fraction of sp³-hybridized carbons (Fsp3) is 0.800. The quantitative estimate of drug-likeness (QED) is 0.589. The molecule has 0 aromatic carbocycles. The summed E-state index contributed by atoms with van der Waals surface area (Å²) in [6.07, 6.45) is -0.0131. The third-order valence-electron chi connectivity index (χ3n) is 2.21. The minimum Gasteiger partial charge on any atom is -0.170 e. The van der Waals surface area contributed by atoms with E-state index in [0.717, 1.165) is 0 Å². The maximum absolute atomic E-state index is 12.4. The van der Waals surface area contributed by atoms with E-state index in [9.17, 15) is 13.2 Å². The lowest BCUT2D eigenvalue weighted by Crippen LogP contribution is -2.26. The van der Waals surface area contributed by atoms with Gasteiger partial charge in [0.1, 0.15) is 0 Å². The van der Waals surface area contributed by atoms with Crippen molar-refractivity contribution in [3.63, 3.8) is 0 Å². The van der Waals surface area contributed by atoms with Gasteiger partial charge in [0.25, 0.3) is 0 Å². The van der Waals surface area contributed by atoms with Gasteiger partial charge < -0.3 is 0 Å². The van der Waals surface area contributed by atoms with Crippen LogP contribution >= 0.6 is 0 Å². The van der Waals surface area contributed by atoms with E-state index < -0.39 is 12.1 Å². The van der Waals surface area contributed by atoms with Crippen LogP contribution in [0.1, 0.15) is 33.6 Å². The van der Waals surface area contributed by atoms with Crippen LogP contribution in [0.25, 0.3) is 0 Å². The van der Waals surface area contributed by atoms with Crippen molar-refractivity contribution in [2.75, 3.05) is 0 Å². The molecule has 0 aromatic heterocycles. The van der Waals surface area contributed by atoms with E-state index in [0.29, 0.717) is 12.8 Å². The van der Waals surface area contributed by atoms with Crippen LogP contribution in [0.5, 0.6) is 0 Å². The zero-order valence-corrected chi connectivity index (χ0v) is 8.36. The van der Waals surface area contributed by atoms with Gasteiger partial charge in [-0.1, -0.05) is 39.3 Å². The number of allylic oxidation sites excluding steroid dienone is 2. The number of alkyl halides is 3. The summed E-state index contributed by atoms with van der Waals surface area (Å²) in [6, 6.07) is 0. The third kappa shape index (κ3) is 4.34. The van der Waals surface area contributed by atoms with Gasteiger partial charge >= 0.3 is 6.18 Å². The average molecular weight is 194 g/mol. The molecule has 0 N–H and O–H groups in total. The normalized spacial score (nSPS) is 17.7. The molecule has 0 aliphatic heterocycles. The van der Waals surface area contributed by atoms with Gasteiger partial charge in [-0.2, -0.15) is 13.2 Å². The first-order valence-corrected chi connectivity index (χ1v) is 4.66. The SMILES string of the molecule is CC/C=C/[C@@H]([C@H](C)CC)C(F)(F)F. The fourth-order valence-corrected chi connectivity index (χ4v) is 1.16. The van der Waals surface area contributed by atoms with Gasteiger partial charge in [0.15, 0.2) is 0 Å². The van der Waals surface area contributed by atoms with Crippen molar-refractivity contribution in [2.24, 2.45) is 11.8 Å². The zero-order valence-electron chi connectivity index (χ0n) is 8.36. The van der Waals surface area contributed by atoms with Gasteiger partial charge in [0, 0.05) is 0 Å². The van der Waals surface area contributed by atoms with Crippen LogP contribution in [0.3, 0.4) is 0 Å². The van der Waals surface area contributed by atoms with Crippen LogP contribution < -0.4 is 0 Å². The smallest absolute Gasteiger partial charge is 0.170 e. The Balaban J connectivity index is 4.46. The Morgan fingerprint density at radius 3 is 2.08 bits per heavy atom. The summed E-state index contributed by atoms with van der Waals surface area (Å²) < 4.78 is 37.3. The summed E-state index contributed by atoms with van der Waals surface area (Å²) in [7, 11) is 0. The van der Waals surface area contributed by atoms with Crippen LogP contribution in [-0.4, -0.2) is 6.18 Å². The Hall–Kier alpha value is -0.470. The molecular formula is C10H17F3. The van der Waals surface area contributed by atoms with Crippen LogP contribution in [0.4, 0.5) is 13.2 Å². The highest BCUT2D eigenvalue weighted by Gasteiger charge is 2.40. The molecule has 0 aliphatic rings. The van der Waals surface area contributed by atoms with E-state index in [1.807, 2.05) is 6.92 Å². The highest BCUT2D eigenvalue weighted by molar-refractivity contribution is 4.93. The van der Waals surface area contributed by atoms with Crippen molar-refractivity contribution in [2.45, 2.75) is 39.8 Å². The van der Waals surface area contributed by atoms with Gasteiger partial charge in [-0.15, -0.1) is 0 Å². The molecule has 0 amide bonds. The second kappa shape index (κ2) is 5.30. The largest absolute Gasteiger partial charge is 0.395 e. The average Bonchev–Trinajstić information content (AvgIpc) is 2.02. The number of rotatable bonds is 4. The molecule has 0 saturated heterocycles. The predicted molar refractivity (Wildman–Crippen MR) is 48.4 cm³/mol. The van der Waals surface area contributed by atoms with Crippen molar-refractivity contribution in [1.29, 1.82) is 0 Å². The van der Waals surface area contributed by atoms with Gasteiger partial charge in [0.05, 0.1) is 5.92 Å². The Labute approximate surface area is 77.8 Å². The number of halogens is 3. The summed E-state index contributed by atoms with van der Waals surface area (Å²) >= 11 is 0. The maximum atomic E-state index is 12.4. The van der Waals surface area contributed by atoms with Gasteiger partial charge in [-0.25, -0.2) is 0 Å². The summed E-state index contributed by atoms with van der Waals surface area (Å²) in [5, 5.41) is 0. The molecule has 0 saturated carbocycles. The summed E-state index contributed by atoms with van der Waals surface area (Å²) in [5.74, 6) is -1.61. The first-order valence-electron chi connectivity index (χ1n) is 4.66. The first-order chi connectivity index (χ1) is 5.93. The van der Waals surface area contributed by atoms with Crippen molar-refractivity contribution in [1.82, 2.24) is 0 Å². The first kappa shape index (κ1) is 12.5.